The topological polar surface area (TPSA) is 12.5 Å². The van der Waals surface area contributed by atoms with Gasteiger partial charge in [-0.2, -0.15) is 0 Å². The van der Waals surface area contributed by atoms with Crippen LogP contribution in [0.2, 0.25) is 0 Å². The van der Waals surface area contributed by atoms with E-state index in [4.69, 9.17) is 17.0 Å². The van der Waals surface area contributed by atoms with Crippen LogP contribution in [0.4, 0.5) is 0 Å². The van der Waals surface area contributed by atoms with Crippen molar-refractivity contribution in [1.29, 1.82) is 0 Å². The van der Waals surface area contributed by atoms with Crippen LogP contribution in [0.15, 0.2) is 47.4 Å². The van der Waals surface area contributed by atoms with Crippen molar-refractivity contribution in [3.8, 4) is 0 Å². The Balaban J connectivity index is 1.69. The molecule has 1 aliphatic heterocycles. The molecule has 2 nitrogen and oxygen atoms in total. The van der Waals surface area contributed by atoms with Crippen LogP contribution >= 0.6 is 33.8 Å². The predicted molar refractivity (Wildman–Crippen MR) is 92.4 cm³/mol. The molecule has 1 heterocycles. The highest BCUT2D eigenvalue weighted by Gasteiger charge is 2.14. The Morgan fingerprint density at radius 2 is 1.80 bits per heavy atom. The molecule has 1 saturated heterocycles. The molecule has 104 valence electrons. The maximum atomic E-state index is 5.51. The molecule has 0 amide bonds. The van der Waals surface area contributed by atoms with Crippen LogP contribution in [0.3, 0.4) is 0 Å². The van der Waals surface area contributed by atoms with Gasteiger partial charge in [0.05, 0.1) is 13.2 Å². The molecule has 0 saturated carbocycles. The van der Waals surface area contributed by atoms with Gasteiger partial charge in [0.1, 0.15) is 4.32 Å². The van der Waals surface area contributed by atoms with Crippen molar-refractivity contribution in [2.75, 3.05) is 26.3 Å². The van der Waals surface area contributed by atoms with Gasteiger partial charge in [-0.15, -0.1) is 0 Å². The highest BCUT2D eigenvalue weighted by Crippen LogP contribution is 2.37. The zero-order valence-corrected chi connectivity index (χ0v) is 13.4. The zero-order valence-electron chi connectivity index (χ0n) is 11.0. The van der Waals surface area contributed by atoms with Crippen molar-refractivity contribution in [3.05, 3.63) is 42.5 Å². The Labute approximate surface area is 132 Å². The second kappa shape index (κ2) is 6.80. The fourth-order valence-electron chi connectivity index (χ4n) is 2.15. The average Bonchev–Trinajstić information content (AvgIpc) is 2.53. The lowest BCUT2D eigenvalue weighted by atomic mass is 10.1. The van der Waals surface area contributed by atoms with Crippen molar-refractivity contribution in [2.45, 2.75) is 4.90 Å². The summed E-state index contributed by atoms with van der Waals surface area (Å²) in [5, 5.41) is 2.56. The largest absolute Gasteiger partial charge is 0.378 e. The van der Waals surface area contributed by atoms with E-state index in [1.54, 1.807) is 21.6 Å². The second-order valence-corrected chi connectivity index (χ2v) is 7.31. The first-order valence-electron chi connectivity index (χ1n) is 6.53. The van der Waals surface area contributed by atoms with Crippen molar-refractivity contribution in [2.24, 2.45) is 0 Å². The van der Waals surface area contributed by atoms with Gasteiger partial charge in [0.15, 0.2) is 0 Å². The minimum atomic E-state index is 0.777. The van der Waals surface area contributed by atoms with E-state index in [2.05, 4.69) is 47.4 Å². The van der Waals surface area contributed by atoms with Gasteiger partial charge in [-0.1, -0.05) is 48.6 Å². The summed E-state index contributed by atoms with van der Waals surface area (Å²) in [5.41, 5.74) is 0. The molecule has 0 radical (unpaired) electrons. The third kappa shape index (κ3) is 3.28. The summed E-state index contributed by atoms with van der Waals surface area (Å²) in [7, 11) is 3.41. The van der Waals surface area contributed by atoms with Crippen LogP contribution in [-0.2, 0) is 4.74 Å². The van der Waals surface area contributed by atoms with Crippen molar-refractivity contribution in [3.63, 3.8) is 0 Å². The van der Waals surface area contributed by atoms with Crippen LogP contribution in [0.5, 0.6) is 0 Å². The van der Waals surface area contributed by atoms with Crippen molar-refractivity contribution in [1.82, 2.24) is 4.90 Å². The number of rotatable bonds is 2. The lowest BCUT2D eigenvalue weighted by Crippen LogP contribution is -2.38. The molecule has 0 aliphatic carbocycles. The molecule has 0 bridgehead atoms. The van der Waals surface area contributed by atoms with Crippen LogP contribution in [0.25, 0.3) is 10.8 Å². The lowest BCUT2D eigenvalue weighted by molar-refractivity contribution is 0.0703. The van der Waals surface area contributed by atoms with E-state index in [0.717, 1.165) is 30.6 Å². The molecular formula is C15H15NOS3. The standard InChI is InChI=1S/C15H15NOS3/c18-15(16-8-10-17-11-9-16)20-19-14-7-3-5-12-4-1-2-6-13(12)14/h1-7H,8-11H2. The zero-order chi connectivity index (χ0) is 13.8. The van der Waals surface area contributed by atoms with E-state index >= 15 is 0 Å². The average molecular weight is 321 g/mol. The maximum Gasteiger partial charge on any atom is 0.147 e. The molecule has 1 fully saturated rings. The molecule has 0 spiro atoms. The number of benzene rings is 2. The van der Waals surface area contributed by atoms with E-state index in [-0.39, 0.29) is 0 Å². The van der Waals surface area contributed by atoms with Gasteiger partial charge in [0, 0.05) is 18.0 Å². The van der Waals surface area contributed by atoms with Gasteiger partial charge in [0.2, 0.25) is 0 Å². The van der Waals surface area contributed by atoms with Crippen LogP contribution in [0.1, 0.15) is 0 Å². The Kier molecular flexibility index (Phi) is 4.83. The Morgan fingerprint density at radius 1 is 1.05 bits per heavy atom. The molecule has 0 atom stereocenters. The summed E-state index contributed by atoms with van der Waals surface area (Å²) in [4.78, 5) is 3.49. The molecule has 0 aromatic heterocycles. The monoisotopic (exact) mass is 321 g/mol. The molecule has 20 heavy (non-hydrogen) atoms. The SMILES string of the molecule is S=C(SSc1cccc2ccccc12)N1CCOCC1. The number of nitrogens with zero attached hydrogens (tertiary/aromatic N) is 1. The van der Waals surface area contributed by atoms with E-state index in [1.165, 1.54) is 15.7 Å². The van der Waals surface area contributed by atoms with Gasteiger partial charge < -0.3 is 9.64 Å². The Morgan fingerprint density at radius 3 is 2.65 bits per heavy atom. The molecule has 0 N–H and O–H groups in total. The maximum absolute atomic E-state index is 5.51. The molecule has 1 aliphatic rings. The number of morpholine rings is 1. The summed E-state index contributed by atoms with van der Waals surface area (Å²) >= 11 is 5.51. The van der Waals surface area contributed by atoms with Gasteiger partial charge >= 0.3 is 0 Å². The first kappa shape index (κ1) is 14.2. The number of hydrogen-bond donors (Lipinski definition) is 0. The minimum absolute atomic E-state index is 0.777. The van der Waals surface area contributed by atoms with Gasteiger partial charge in [-0.3, -0.25) is 0 Å². The summed E-state index contributed by atoms with van der Waals surface area (Å²) in [6, 6.07) is 14.9. The molecular weight excluding hydrogens is 306 g/mol. The summed E-state index contributed by atoms with van der Waals surface area (Å²) < 4.78 is 6.30. The second-order valence-electron chi connectivity index (χ2n) is 4.51. The van der Waals surface area contributed by atoms with Crippen LogP contribution < -0.4 is 0 Å². The normalized spacial score (nSPS) is 15.5. The number of ether oxygens (including phenoxy) is 1. The summed E-state index contributed by atoms with van der Waals surface area (Å²) in [6.45, 7) is 3.36. The number of thiocarbonyl (C=S) groups is 1. The molecule has 2 aromatic rings. The van der Waals surface area contributed by atoms with E-state index in [0.29, 0.717) is 0 Å². The fourth-order valence-corrected chi connectivity index (χ4v) is 4.73. The lowest BCUT2D eigenvalue weighted by Gasteiger charge is -2.28. The van der Waals surface area contributed by atoms with E-state index in [1.807, 2.05) is 0 Å². The minimum Gasteiger partial charge on any atom is -0.378 e. The summed E-state index contributed by atoms with van der Waals surface area (Å²) in [5.74, 6) is 0. The Hall–Kier alpha value is -0.750. The highest BCUT2D eigenvalue weighted by atomic mass is 33.1. The smallest absolute Gasteiger partial charge is 0.147 e. The van der Waals surface area contributed by atoms with E-state index in [9.17, 15) is 0 Å². The summed E-state index contributed by atoms with van der Waals surface area (Å²) in [6.07, 6.45) is 0. The van der Waals surface area contributed by atoms with Gasteiger partial charge in [0.25, 0.3) is 0 Å². The van der Waals surface area contributed by atoms with Crippen molar-refractivity contribution >= 4 is 48.9 Å². The number of fused-ring (bicyclic) bond motifs is 1. The first-order chi connectivity index (χ1) is 9.84. The Bertz CT molecular complexity index is 606. The van der Waals surface area contributed by atoms with Crippen molar-refractivity contribution < 1.29 is 4.74 Å². The predicted octanol–water partition coefficient (Wildman–Crippen LogP) is 4.20. The third-order valence-corrected chi connectivity index (χ3v) is 6.33. The van der Waals surface area contributed by atoms with Crippen LogP contribution in [-0.4, -0.2) is 35.5 Å². The van der Waals surface area contributed by atoms with Gasteiger partial charge in [-0.05, 0) is 38.4 Å². The molecule has 3 rings (SSSR count). The molecule has 5 heteroatoms. The molecule has 2 aromatic carbocycles. The fraction of sp³-hybridized carbons (Fsp3) is 0.267. The number of hydrogen-bond acceptors (Lipinski definition) is 4. The highest BCUT2D eigenvalue weighted by molar-refractivity contribution is 8.83. The van der Waals surface area contributed by atoms with Gasteiger partial charge in [-0.25, -0.2) is 0 Å². The third-order valence-electron chi connectivity index (χ3n) is 3.22. The van der Waals surface area contributed by atoms with Crippen LogP contribution in [0, 0.1) is 0 Å². The quantitative estimate of drug-likeness (QED) is 0.605. The first-order valence-corrected chi connectivity index (χ1v) is 9.09. The van der Waals surface area contributed by atoms with E-state index < -0.39 is 0 Å². The molecule has 0 unspecified atom stereocenters.